The van der Waals surface area contributed by atoms with Crippen molar-refractivity contribution >= 4 is 5.91 Å². The SMILES string of the molecule is CCCCCN1CCC(N2CC(C#N)CC2=O)C1. The fourth-order valence-electron chi connectivity index (χ4n) is 3.03. The van der Waals surface area contributed by atoms with Crippen molar-refractivity contribution in [2.24, 2.45) is 5.92 Å². The summed E-state index contributed by atoms with van der Waals surface area (Å²) >= 11 is 0. The first kappa shape index (κ1) is 13.4. The van der Waals surface area contributed by atoms with E-state index in [1.54, 1.807) is 0 Å². The van der Waals surface area contributed by atoms with Gasteiger partial charge in [-0.15, -0.1) is 0 Å². The van der Waals surface area contributed by atoms with E-state index in [2.05, 4.69) is 17.9 Å². The third kappa shape index (κ3) is 3.02. The predicted molar refractivity (Wildman–Crippen MR) is 69.8 cm³/mol. The molecule has 2 rings (SSSR count). The second kappa shape index (κ2) is 6.19. The van der Waals surface area contributed by atoms with Crippen LogP contribution in [0.4, 0.5) is 0 Å². The van der Waals surface area contributed by atoms with E-state index in [9.17, 15) is 4.79 Å². The van der Waals surface area contributed by atoms with E-state index < -0.39 is 0 Å². The highest BCUT2D eigenvalue weighted by Gasteiger charge is 2.37. The van der Waals surface area contributed by atoms with Crippen molar-refractivity contribution in [3.63, 3.8) is 0 Å². The van der Waals surface area contributed by atoms with Gasteiger partial charge in [-0.2, -0.15) is 5.26 Å². The van der Waals surface area contributed by atoms with Gasteiger partial charge in [0.05, 0.1) is 12.0 Å². The summed E-state index contributed by atoms with van der Waals surface area (Å²) in [5.74, 6) is 0.105. The normalized spacial score (nSPS) is 28.9. The lowest BCUT2D eigenvalue weighted by Gasteiger charge is -2.24. The molecular formula is C14H23N3O. The third-order valence-electron chi connectivity index (χ3n) is 4.11. The zero-order valence-corrected chi connectivity index (χ0v) is 11.3. The Morgan fingerprint density at radius 3 is 2.89 bits per heavy atom. The number of likely N-dealkylation sites (tertiary alicyclic amines) is 2. The number of carbonyl (C=O) groups excluding carboxylic acids is 1. The number of rotatable bonds is 5. The molecule has 0 spiro atoms. The first-order chi connectivity index (χ1) is 8.74. The van der Waals surface area contributed by atoms with E-state index in [0.717, 1.165) is 26.1 Å². The summed E-state index contributed by atoms with van der Waals surface area (Å²) in [6, 6.07) is 2.58. The fraction of sp³-hybridized carbons (Fsp3) is 0.857. The molecule has 0 aliphatic carbocycles. The zero-order valence-electron chi connectivity index (χ0n) is 11.3. The largest absolute Gasteiger partial charge is 0.337 e. The van der Waals surface area contributed by atoms with Gasteiger partial charge in [-0.3, -0.25) is 4.79 Å². The lowest BCUT2D eigenvalue weighted by molar-refractivity contribution is -0.129. The molecular weight excluding hydrogens is 226 g/mol. The van der Waals surface area contributed by atoms with Gasteiger partial charge in [0.25, 0.3) is 0 Å². The van der Waals surface area contributed by atoms with Gasteiger partial charge in [0.15, 0.2) is 0 Å². The fourth-order valence-corrected chi connectivity index (χ4v) is 3.03. The zero-order chi connectivity index (χ0) is 13.0. The highest BCUT2D eigenvalue weighted by molar-refractivity contribution is 5.79. The molecule has 18 heavy (non-hydrogen) atoms. The molecule has 2 aliphatic rings. The summed E-state index contributed by atoms with van der Waals surface area (Å²) in [4.78, 5) is 16.3. The van der Waals surface area contributed by atoms with Crippen molar-refractivity contribution in [3.05, 3.63) is 0 Å². The Labute approximate surface area is 110 Å². The van der Waals surface area contributed by atoms with Crippen LogP contribution in [0.2, 0.25) is 0 Å². The Hall–Kier alpha value is -1.08. The van der Waals surface area contributed by atoms with Crippen molar-refractivity contribution in [1.82, 2.24) is 9.80 Å². The van der Waals surface area contributed by atoms with Crippen LogP contribution >= 0.6 is 0 Å². The first-order valence-corrected chi connectivity index (χ1v) is 7.16. The number of carbonyl (C=O) groups is 1. The van der Waals surface area contributed by atoms with E-state index in [-0.39, 0.29) is 11.8 Å². The Kier molecular flexibility index (Phi) is 4.60. The summed E-state index contributed by atoms with van der Waals surface area (Å²) in [7, 11) is 0. The van der Waals surface area contributed by atoms with E-state index in [1.807, 2.05) is 4.90 Å². The van der Waals surface area contributed by atoms with Crippen LogP contribution in [0.15, 0.2) is 0 Å². The van der Waals surface area contributed by atoms with Gasteiger partial charge in [-0.05, 0) is 19.4 Å². The molecule has 2 heterocycles. The van der Waals surface area contributed by atoms with Gasteiger partial charge < -0.3 is 9.80 Å². The van der Waals surface area contributed by atoms with Crippen molar-refractivity contribution in [2.75, 3.05) is 26.2 Å². The monoisotopic (exact) mass is 249 g/mol. The molecule has 2 saturated heterocycles. The smallest absolute Gasteiger partial charge is 0.224 e. The number of amides is 1. The van der Waals surface area contributed by atoms with Crippen LogP contribution < -0.4 is 0 Å². The Morgan fingerprint density at radius 1 is 1.39 bits per heavy atom. The maximum Gasteiger partial charge on any atom is 0.224 e. The number of unbranched alkanes of at least 4 members (excludes halogenated alkanes) is 2. The molecule has 0 aromatic carbocycles. The molecule has 1 amide bonds. The molecule has 100 valence electrons. The van der Waals surface area contributed by atoms with Gasteiger partial charge in [0, 0.05) is 32.1 Å². The van der Waals surface area contributed by atoms with E-state index in [1.165, 1.54) is 19.3 Å². The van der Waals surface area contributed by atoms with Crippen LogP contribution in [0.3, 0.4) is 0 Å². The Balaban J connectivity index is 1.78. The summed E-state index contributed by atoms with van der Waals surface area (Å²) in [5, 5.41) is 8.90. The average Bonchev–Trinajstić information content (AvgIpc) is 2.96. The van der Waals surface area contributed by atoms with Crippen LogP contribution in [-0.2, 0) is 4.79 Å². The minimum Gasteiger partial charge on any atom is -0.337 e. The molecule has 0 aromatic rings. The van der Waals surface area contributed by atoms with Crippen LogP contribution in [0, 0.1) is 17.2 Å². The minimum absolute atomic E-state index is 0.0772. The van der Waals surface area contributed by atoms with E-state index >= 15 is 0 Å². The summed E-state index contributed by atoms with van der Waals surface area (Å²) < 4.78 is 0. The molecule has 4 heteroatoms. The van der Waals surface area contributed by atoms with Gasteiger partial charge >= 0.3 is 0 Å². The highest BCUT2D eigenvalue weighted by Crippen LogP contribution is 2.24. The second-order valence-corrected chi connectivity index (χ2v) is 5.53. The number of nitriles is 1. The molecule has 2 fully saturated rings. The highest BCUT2D eigenvalue weighted by atomic mass is 16.2. The van der Waals surface area contributed by atoms with Gasteiger partial charge in [-0.25, -0.2) is 0 Å². The molecule has 0 aromatic heterocycles. The maximum atomic E-state index is 11.9. The summed E-state index contributed by atoms with van der Waals surface area (Å²) in [5.41, 5.74) is 0. The summed E-state index contributed by atoms with van der Waals surface area (Å²) in [6.45, 7) is 6.15. The summed E-state index contributed by atoms with van der Waals surface area (Å²) in [6.07, 6.45) is 5.32. The van der Waals surface area contributed by atoms with Crippen LogP contribution in [0.25, 0.3) is 0 Å². The van der Waals surface area contributed by atoms with Crippen LogP contribution in [0.5, 0.6) is 0 Å². The quantitative estimate of drug-likeness (QED) is 0.696. The second-order valence-electron chi connectivity index (χ2n) is 5.53. The molecule has 0 radical (unpaired) electrons. The Bertz CT molecular complexity index is 336. The predicted octanol–water partition coefficient (Wildman–Crippen LogP) is 1.62. The minimum atomic E-state index is -0.0772. The number of hydrogen-bond donors (Lipinski definition) is 0. The lowest BCUT2D eigenvalue weighted by atomic mass is 10.1. The maximum absolute atomic E-state index is 11.9. The van der Waals surface area contributed by atoms with Crippen molar-refractivity contribution < 1.29 is 4.79 Å². The number of nitrogens with zero attached hydrogens (tertiary/aromatic N) is 3. The van der Waals surface area contributed by atoms with Crippen molar-refractivity contribution in [1.29, 1.82) is 5.26 Å². The first-order valence-electron chi connectivity index (χ1n) is 7.16. The van der Waals surface area contributed by atoms with Crippen LogP contribution in [0.1, 0.15) is 39.0 Å². The molecule has 2 unspecified atom stereocenters. The lowest BCUT2D eigenvalue weighted by Crippen LogP contribution is -2.38. The molecule has 2 atom stereocenters. The van der Waals surface area contributed by atoms with Crippen molar-refractivity contribution in [2.45, 2.75) is 45.1 Å². The standard InChI is InChI=1S/C14H23N3O/c1-2-3-4-6-16-7-5-13(11-16)17-10-12(9-15)8-14(17)18/h12-13H,2-8,10-11H2,1H3. The van der Waals surface area contributed by atoms with Gasteiger partial charge in [-0.1, -0.05) is 19.8 Å². The topological polar surface area (TPSA) is 47.3 Å². The third-order valence-corrected chi connectivity index (χ3v) is 4.11. The average molecular weight is 249 g/mol. The molecule has 0 saturated carbocycles. The number of hydrogen-bond acceptors (Lipinski definition) is 3. The Morgan fingerprint density at radius 2 is 2.22 bits per heavy atom. The van der Waals surface area contributed by atoms with E-state index in [0.29, 0.717) is 19.0 Å². The molecule has 0 N–H and O–H groups in total. The van der Waals surface area contributed by atoms with E-state index in [4.69, 9.17) is 5.26 Å². The van der Waals surface area contributed by atoms with Gasteiger partial charge in [0.1, 0.15) is 0 Å². The molecule has 0 bridgehead atoms. The van der Waals surface area contributed by atoms with Crippen molar-refractivity contribution in [3.8, 4) is 6.07 Å². The van der Waals surface area contributed by atoms with Crippen LogP contribution in [-0.4, -0.2) is 47.9 Å². The molecule has 2 aliphatic heterocycles. The molecule has 4 nitrogen and oxygen atoms in total. The van der Waals surface area contributed by atoms with Gasteiger partial charge in [0.2, 0.25) is 5.91 Å².